The first-order chi connectivity index (χ1) is 6.33. The predicted octanol–water partition coefficient (Wildman–Crippen LogP) is 1.99. The third-order valence-corrected chi connectivity index (χ3v) is 2.20. The van der Waals surface area contributed by atoms with Crippen LogP contribution in [0.25, 0.3) is 5.65 Å². The van der Waals surface area contributed by atoms with Crippen LogP contribution in [-0.2, 0) is 6.42 Å². The van der Waals surface area contributed by atoms with E-state index in [0.717, 1.165) is 24.3 Å². The fourth-order valence-electron chi connectivity index (χ4n) is 1.54. The summed E-state index contributed by atoms with van der Waals surface area (Å²) in [4.78, 5) is 8.64. The Balaban J connectivity index is 2.64. The summed E-state index contributed by atoms with van der Waals surface area (Å²) in [6.07, 6.45) is 7.89. The summed E-state index contributed by atoms with van der Waals surface area (Å²) >= 11 is 0. The lowest BCUT2D eigenvalue weighted by Gasteiger charge is -2.03. The number of aromatic nitrogens is 3. The minimum absolute atomic E-state index is 0.993. The zero-order chi connectivity index (χ0) is 9.26. The highest BCUT2D eigenvalue weighted by Crippen LogP contribution is 2.10. The Hall–Kier alpha value is -1.38. The van der Waals surface area contributed by atoms with E-state index in [0.29, 0.717) is 0 Å². The van der Waals surface area contributed by atoms with Crippen molar-refractivity contribution in [2.75, 3.05) is 0 Å². The number of aryl methyl sites for hydroxylation is 2. The van der Waals surface area contributed by atoms with Crippen LogP contribution in [0.15, 0.2) is 18.6 Å². The molecule has 0 spiro atoms. The molecule has 0 unspecified atom stereocenters. The Kier molecular flexibility index (Phi) is 2.00. The number of hydrogen-bond acceptors (Lipinski definition) is 2. The van der Waals surface area contributed by atoms with E-state index in [1.807, 2.05) is 29.9 Å². The van der Waals surface area contributed by atoms with Crippen molar-refractivity contribution >= 4 is 5.65 Å². The van der Waals surface area contributed by atoms with Crippen LogP contribution in [-0.4, -0.2) is 14.4 Å². The largest absolute Gasteiger partial charge is 0.288 e. The third-order valence-electron chi connectivity index (χ3n) is 2.20. The van der Waals surface area contributed by atoms with Gasteiger partial charge in [0.05, 0.1) is 0 Å². The van der Waals surface area contributed by atoms with Gasteiger partial charge in [-0.3, -0.25) is 4.40 Å². The summed E-state index contributed by atoms with van der Waals surface area (Å²) in [5.74, 6) is 0.993. The molecule has 2 aromatic rings. The maximum atomic E-state index is 4.32. The van der Waals surface area contributed by atoms with Gasteiger partial charge in [-0.15, -0.1) is 0 Å². The highest BCUT2D eigenvalue weighted by Gasteiger charge is 2.03. The summed E-state index contributed by atoms with van der Waals surface area (Å²) < 4.78 is 2.03. The van der Waals surface area contributed by atoms with Gasteiger partial charge >= 0.3 is 0 Å². The molecule has 2 aromatic heterocycles. The van der Waals surface area contributed by atoms with Crippen LogP contribution in [0.5, 0.6) is 0 Å². The molecule has 3 heteroatoms. The maximum absolute atomic E-state index is 4.32. The number of rotatable bonds is 2. The molecule has 68 valence electrons. The standard InChI is InChI=1S/C10H13N3/c1-3-4-9-7-12-8(2)13-6-5-11-10(9)13/h5-7H,3-4H2,1-2H3. The number of imidazole rings is 1. The Bertz CT molecular complexity index is 417. The van der Waals surface area contributed by atoms with E-state index in [4.69, 9.17) is 0 Å². The van der Waals surface area contributed by atoms with Crippen molar-refractivity contribution in [3.05, 3.63) is 30.0 Å². The molecule has 0 aliphatic heterocycles. The summed E-state index contributed by atoms with van der Waals surface area (Å²) in [5, 5.41) is 0. The fraction of sp³-hybridized carbons (Fsp3) is 0.400. The first-order valence-corrected chi connectivity index (χ1v) is 4.60. The lowest BCUT2D eigenvalue weighted by molar-refractivity contribution is 0.885. The Morgan fingerprint density at radius 1 is 1.38 bits per heavy atom. The Labute approximate surface area is 77.4 Å². The van der Waals surface area contributed by atoms with Crippen molar-refractivity contribution < 1.29 is 0 Å². The first kappa shape index (κ1) is 8.23. The van der Waals surface area contributed by atoms with Gasteiger partial charge in [-0.25, -0.2) is 9.97 Å². The highest BCUT2D eigenvalue weighted by molar-refractivity contribution is 5.46. The molecule has 0 radical (unpaired) electrons. The van der Waals surface area contributed by atoms with E-state index in [2.05, 4.69) is 16.9 Å². The van der Waals surface area contributed by atoms with Crippen molar-refractivity contribution in [2.24, 2.45) is 0 Å². The van der Waals surface area contributed by atoms with Crippen LogP contribution < -0.4 is 0 Å². The first-order valence-electron chi connectivity index (χ1n) is 4.60. The van der Waals surface area contributed by atoms with Gasteiger partial charge in [0.25, 0.3) is 0 Å². The summed E-state index contributed by atoms with van der Waals surface area (Å²) in [6, 6.07) is 0. The van der Waals surface area contributed by atoms with Crippen LogP contribution in [0.3, 0.4) is 0 Å². The van der Waals surface area contributed by atoms with E-state index in [9.17, 15) is 0 Å². The van der Waals surface area contributed by atoms with Crippen LogP contribution in [0.2, 0.25) is 0 Å². The van der Waals surface area contributed by atoms with E-state index >= 15 is 0 Å². The topological polar surface area (TPSA) is 30.2 Å². The quantitative estimate of drug-likeness (QED) is 0.698. The lowest BCUT2D eigenvalue weighted by Crippen LogP contribution is -1.98. The van der Waals surface area contributed by atoms with Gasteiger partial charge in [0.15, 0.2) is 0 Å². The number of hydrogen-bond donors (Lipinski definition) is 0. The average molecular weight is 175 g/mol. The van der Waals surface area contributed by atoms with Crippen molar-refractivity contribution in [3.8, 4) is 0 Å². The molecule has 13 heavy (non-hydrogen) atoms. The Morgan fingerprint density at radius 2 is 2.23 bits per heavy atom. The second kappa shape index (κ2) is 3.17. The average Bonchev–Trinajstić information content (AvgIpc) is 2.59. The van der Waals surface area contributed by atoms with Crippen LogP contribution in [0.4, 0.5) is 0 Å². The number of nitrogens with zero attached hydrogens (tertiary/aromatic N) is 3. The van der Waals surface area contributed by atoms with E-state index < -0.39 is 0 Å². The Morgan fingerprint density at radius 3 is 3.00 bits per heavy atom. The zero-order valence-corrected chi connectivity index (χ0v) is 7.99. The minimum Gasteiger partial charge on any atom is -0.288 e. The molecular formula is C10H13N3. The molecule has 2 heterocycles. The van der Waals surface area contributed by atoms with Gasteiger partial charge in [-0.1, -0.05) is 13.3 Å². The van der Waals surface area contributed by atoms with E-state index in [1.165, 1.54) is 5.56 Å². The smallest absolute Gasteiger partial charge is 0.142 e. The molecule has 0 amide bonds. The maximum Gasteiger partial charge on any atom is 0.142 e. The molecule has 0 aliphatic carbocycles. The monoisotopic (exact) mass is 175 g/mol. The SMILES string of the molecule is CCCc1cnc(C)n2ccnc12. The van der Waals surface area contributed by atoms with Crippen molar-refractivity contribution in [2.45, 2.75) is 26.7 Å². The zero-order valence-electron chi connectivity index (χ0n) is 7.99. The second-order valence-corrected chi connectivity index (χ2v) is 3.20. The molecule has 0 aliphatic rings. The van der Waals surface area contributed by atoms with Gasteiger partial charge in [-0.2, -0.15) is 0 Å². The van der Waals surface area contributed by atoms with Crippen molar-refractivity contribution in [1.29, 1.82) is 0 Å². The molecule has 0 saturated heterocycles. The van der Waals surface area contributed by atoms with Crippen LogP contribution >= 0.6 is 0 Å². The fourth-order valence-corrected chi connectivity index (χ4v) is 1.54. The van der Waals surface area contributed by atoms with Crippen molar-refractivity contribution in [1.82, 2.24) is 14.4 Å². The highest BCUT2D eigenvalue weighted by atomic mass is 15.0. The third kappa shape index (κ3) is 1.30. The second-order valence-electron chi connectivity index (χ2n) is 3.20. The molecule has 0 aromatic carbocycles. The van der Waals surface area contributed by atoms with E-state index in [1.54, 1.807) is 0 Å². The van der Waals surface area contributed by atoms with E-state index in [-0.39, 0.29) is 0 Å². The summed E-state index contributed by atoms with van der Waals surface area (Å²) in [7, 11) is 0. The molecule has 3 nitrogen and oxygen atoms in total. The van der Waals surface area contributed by atoms with Crippen molar-refractivity contribution in [3.63, 3.8) is 0 Å². The van der Waals surface area contributed by atoms with Gasteiger partial charge in [0, 0.05) is 24.2 Å². The predicted molar refractivity (Wildman–Crippen MR) is 51.7 cm³/mol. The normalized spacial score (nSPS) is 10.9. The van der Waals surface area contributed by atoms with Gasteiger partial charge in [0.1, 0.15) is 11.5 Å². The summed E-state index contributed by atoms with van der Waals surface area (Å²) in [5.41, 5.74) is 2.28. The molecule has 0 saturated carbocycles. The van der Waals surface area contributed by atoms with Gasteiger partial charge in [-0.05, 0) is 13.3 Å². The van der Waals surface area contributed by atoms with Gasteiger partial charge < -0.3 is 0 Å². The minimum atomic E-state index is 0.993. The molecule has 2 rings (SSSR count). The molecule has 0 bridgehead atoms. The lowest BCUT2D eigenvalue weighted by atomic mass is 10.2. The molecular weight excluding hydrogens is 162 g/mol. The molecule has 0 fully saturated rings. The molecule has 0 atom stereocenters. The number of fused-ring (bicyclic) bond motifs is 1. The van der Waals surface area contributed by atoms with Crippen LogP contribution in [0.1, 0.15) is 24.7 Å². The van der Waals surface area contributed by atoms with Crippen LogP contribution in [0, 0.1) is 6.92 Å². The van der Waals surface area contributed by atoms with Gasteiger partial charge in [0.2, 0.25) is 0 Å². The molecule has 0 N–H and O–H groups in total. The summed E-state index contributed by atoms with van der Waals surface area (Å²) in [6.45, 7) is 4.16.